The summed E-state index contributed by atoms with van der Waals surface area (Å²) in [6.07, 6.45) is 2.14. The van der Waals surface area contributed by atoms with E-state index in [1.807, 2.05) is 24.8 Å². The number of likely N-dealkylation sites (tertiary alicyclic amines) is 1. The van der Waals surface area contributed by atoms with Crippen molar-refractivity contribution in [2.75, 3.05) is 26.2 Å². The van der Waals surface area contributed by atoms with Gasteiger partial charge >= 0.3 is 0 Å². The Morgan fingerprint density at radius 3 is 2.45 bits per heavy atom. The second-order valence-corrected chi connectivity index (χ2v) is 7.18. The van der Waals surface area contributed by atoms with E-state index < -0.39 is 5.41 Å². The molecule has 2 aliphatic rings. The lowest BCUT2D eigenvalue weighted by Crippen LogP contribution is -2.44. The Morgan fingerprint density at radius 2 is 1.86 bits per heavy atom. The summed E-state index contributed by atoms with van der Waals surface area (Å²) in [5, 5.41) is 3.45. The molecular weight excluding hydrogens is 279 g/mol. The van der Waals surface area contributed by atoms with Crippen LogP contribution in [0.4, 0.5) is 4.39 Å². The van der Waals surface area contributed by atoms with E-state index in [1.54, 1.807) is 6.07 Å². The first kappa shape index (κ1) is 15.5. The lowest BCUT2D eigenvalue weighted by atomic mass is 9.83. The molecule has 2 fully saturated rings. The van der Waals surface area contributed by atoms with Gasteiger partial charge in [-0.15, -0.1) is 0 Å². The molecule has 0 spiro atoms. The van der Waals surface area contributed by atoms with Crippen LogP contribution in [0, 0.1) is 17.7 Å². The van der Waals surface area contributed by atoms with Crippen molar-refractivity contribution in [1.82, 2.24) is 10.2 Å². The van der Waals surface area contributed by atoms with Gasteiger partial charge in [0, 0.05) is 13.1 Å². The number of hydrogen-bond donors (Lipinski definition) is 1. The Kier molecular flexibility index (Phi) is 4.22. The molecule has 3 nitrogen and oxygen atoms in total. The van der Waals surface area contributed by atoms with Crippen LogP contribution in [0.25, 0.3) is 0 Å². The molecule has 0 aliphatic carbocycles. The smallest absolute Gasteiger partial charge is 0.232 e. The Bertz CT molecular complexity index is 544. The van der Waals surface area contributed by atoms with Crippen LogP contribution in [0.3, 0.4) is 0 Å². The minimum atomic E-state index is -0.681. The van der Waals surface area contributed by atoms with Gasteiger partial charge in [-0.25, -0.2) is 4.39 Å². The van der Waals surface area contributed by atoms with E-state index in [4.69, 9.17) is 0 Å². The van der Waals surface area contributed by atoms with E-state index in [9.17, 15) is 9.18 Å². The van der Waals surface area contributed by atoms with E-state index in [2.05, 4.69) is 5.32 Å². The SMILES string of the molecule is CC(C)(C(=O)N1CC[C@@H]2CNC[C@@H]2CC1)c1cccc(F)c1. The van der Waals surface area contributed by atoms with Crippen LogP contribution in [-0.4, -0.2) is 37.0 Å². The fourth-order valence-electron chi connectivity index (χ4n) is 3.82. The fourth-order valence-corrected chi connectivity index (χ4v) is 3.82. The van der Waals surface area contributed by atoms with Gasteiger partial charge in [0.05, 0.1) is 5.41 Å². The molecule has 4 heteroatoms. The van der Waals surface area contributed by atoms with Gasteiger partial charge in [-0.1, -0.05) is 12.1 Å². The number of hydrogen-bond acceptors (Lipinski definition) is 2. The van der Waals surface area contributed by atoms with Crippen LogP contribution in [0.2, 0.25) is 0 Å². The molecule has 1 aromatic carbocycles. The molecule has 1 aromatic rings. The van der Waals surface area contributed by atoms with Crippen molar-refractivity contribution in [3.63, 3.8) is 0 Å². The van der Waals surface area contributed by atoms with Crippen molar-refractivity contribution in [1.29, 1.82) is 0 Å². The predicted octanol–water partition coefficient (Wildman–Crippen LogP) is 2.56. The maximum atomic E-state index is 13.5. The number of nitrogens with one attached hydrogen (secondary N) is 1. The maximum Gasteiger partial charge on any atom is 0.232 e. The summed E-state index contributed by atoms with van der Waals surface area (Å²) in [7, 11) is 0. The number of halogens is 1. The largest absolute Gasteiger partial charge is 0.342 e. The Hall–Kier alpha value is -1.42. The zero-order chi connectivity index (χ0) is 15.7. The van der Waals surface area contributed by atoms with E-state index in [0.29, 0.717) is 11.8 Å². The number of amides is 1. The molecule has 1 amide bonds. The summed E-state index contributed by atoms with van der Waals surface area (Å²) in [5.74, 6) is 1.24. The van der Waals surface area contributed by atoms with Gasteiger partial charge in [-0.2, -0.15) is 0 Å². The topological polar surface area (TPSA) is 32.3 Å². The van der Waals surface area contributed by atoms with Crippen molar-refractivity contribution < 1.29 is 9.18 Å². The summed E-state index contributed by atoms with van der Waals surface area (Å²) in [6, 6.07) is 6.42. The average Bonchev–Trinajstić information content (AvgIpc) is 2.85. The molecule has 2 aliphatic heterocycles. The monoisotopic (exact) mass is 304 g/mol. The van der Waals surface area contributed by atoms with Crippen LogP contribution >= 0.6 is 0 Å². The molecule has 120 valence electrons. The van der Waals surface area contributed by atoms with Gasteiger partial charge in [-0.3, -0.25) is 4.79 Å². The van der Waals surface area contributed by atoms with E-state index >= 15 is 0 Å². The molecule has 0 saturated carbocycles. The van der Waals surface area contributed by atoms with Gasteiger partial charge in [0.25, 0.3) is 0 Å². The Balaban J connectivity index is 1.75. The van der Waals surface area contributed by atoms with Crippen molar-refractivity contribution in [2.45, 2.75) is 32.1 Å². The van der Waals surface area contributed by atoms with E-state index in [1.165, 1.54) is 12.1 Å². The first-order valence-electron chi connectivity index (χ1n) is 8.24. The molecule has 0 aromatic heterocycles. The first-order chi connectivity index (χ1) is 10.5. The van der Waals surface area contributed by atoms with Crippen molar-refractivity contribution in [3.05, 3.63) is 35.6 Å². The highest BCUT2D eigenvalue weighted by Crippen LogP contribution is 2.31. The van der Waals surface area contributed by atoms with Crippen LogP contribution in [0.15, 0.2) is 24.3 Å². The number of nitrogens with zero attached hydrogens (tertiary/aromatic N) is 1. The summed E-state index contributed by atoms with van der Waals surface area (Å²) in [6.45, 7) is 7.61. The number of carbonyl (C=O) groups excluding carboxylic acids is 1. The number of benzene rings is 1. The first-order valence-corrected chi connectivity index (χ1v) is 8.24. The number of carbonyl (C=O) groups is 1. The van der Waals surface area contributed by atoms with Crippen LogP contribution in [-0.2, 0) is 10.2 Å². The highest BCUT2D eigenvalue weighted by molar-refractivity contribution is 5.87. The third kappa shape index (κ3) is 2.89. The summed E-state index contributed by atoms with van der Waals surface area (Å²) in [5.41, 5.74) is 0.0726. The van der Waals surface area contributed by atoms with Crippen molar-refractivity contribution >= 4 is 5.91 Å². The van der Waals surface area contributed by atoms with Crippen LogP contribution in [0.5, 0.6) is 0 Å². The molecule has 0 bridgehead atoms. The molecule has 2 heterocycles. The minimum absolute atomic E-state index is 0.117. The van der Waals surface area contributed by atoms with Gasteiger partial charge in [0.1, 0.15) is 5.82 Å². The quantitative estimate of drug-likeness (QED) is 0.911. The Labute approximate surface area is 131 Å². The van der Waals surface area contributed by atoms with E-state index in [-0.39, 0.29) is 11.7 Å². The standard InChI is InChI=1S/C18H25FN2O/c1-18(2,15-4-3-5-16(19)10-15)17(22)21-8-6-13-11-20-12-14(13)7-9-21/h3-5,10,13-14,20H,6-9,11-12H2,1-2H3/t13-,14+. The summed E-state index contributed by atoms with van der Waals surface area (Å²) in [4.78, 5) is 15.0. The minimum Gasteiger partial charge on any atom is -0.342 e. The van der Waals surface area contributed by atoms with E-state index in [0.717, 1.165) is 44.6 Å². The maximum absolute atomic E-state index is 13.5. The molecule has 22 heavy (non-hydrogen) atoms. The molecule has 3 rings (SSSR count). The molecule has 0 radical (unpaired) electrons. The van der Waals surface area contributed by atoms with Gasteiger partial charge in [-0.05, 0) is 69.3 Å². The number of rotatable bonds is 2. The van der Waals surface area contributed by atoms with Gasteiger partial charge in [0.15, 0.2) is 0 Å². The lowest BCUT2D eigenvalue weighted by Gasteiger charge is -2.32. The summed E-state index contributed by atoms with van der Waals surface area (Å²) >= 11 is 0. The third-order valence-electron chi connectivity index (χ3n) is 5.39. The second kappa shape index (κ2) is 5.99. The Morgan fingerprint density at radius 1 is 1.23 bits per heavy atom. The number of fused-ring (bicyclic) bond motifs is 1. The van der Waals surface area contributed by atoms with Gasteiger partial charge < -0.3 is 10.2 Å². The normalized spacial score (nSPS) is 25.7. The molecule has 0 unspecified atom stereocenters. The third-order valence-corrected chi connectivity index (χ3v) is 5.39. The van der Waals surface area contributed by atoms with Crippen LogP contribution in [0.1, 0.15) is 32.3 Å². The van der Waals surface area contributed by atoms with Crippen molar-refractivity contribution in [2.24, 2.45) is 11.8 Å². The van der Waals surface area contributed by atoms with Crippen molar-refractivity contribution in [3.8, 4) is 0 Å². The second-order valence-electron chi connectivity index (χ2n) is 7.18. The highest BCUT2D eigenvalue weighted by Gasteiger charge is 2.37. The highest BCUT2D eigenvalue weighted by atomic mass is 19.1. The molecule has 2 atom stereocenters. The summed E-state index contributed by atoms with van der Waals surface area (Å²) < 4.78 is 13.5. The lowest BCUT2D eigenvalue weighted by molar-refractivity contribution is -0.136. The predicted molar refractivity (Wildman–Crippen MR) is 85.1 cm³/mol. The molecule has 2 saturated heterocycles. The zero-order valence-corrected chi connectivity index (χ0v) is 13.4. The molecule has 1 N–H and O–H groups in total. The molecular formula is C18H25FN2O. The zero-order valence-electron chi connectivity index (χ0n) is 13.4. The van der Waals surface area contributed by atoms with Crippen LogP contribution < -0.4 is 5.32 Å². The fraction of sp³-hybridized carbons (Fsp3) is 0.611. The van der Waals surface area contributed by atoms with Gasteiger partial charge in [0.2, 0.25) is 5.91 Å². The average molecular weight is 304 g/mol.